The topological polar surface area (TPSA) is 66.8 Å². The van der Waals surface area contributed by atoms with Crippen molar-refractivity contribution in [3.63, 3.8) is 0 Å². The maximum absolute atomic E-state index is 11.7. The summed E-state index contributed by atoms with van der Waals surface area (Å²) in [6, 6.07) is 0. The Morgan fingerprint density at radius 1 is 0.594 bits per heavy atom. The first-order chi connectivity index (χ1) is 15.5. The van der Waals surface area contributed by atoms with E-state index in [4.69, 9.17) is 4.74 Å². The van der Waals surface area contributed by atoms with Crippen molar-refractivity contribution >= 4 is 5.97 Å². The van der Waals surface area contributed by atoms with Crippen LogP contribution in [0.2, 0.25) is 0 Å². The Morgan fingerprint density at radius 2 is 0.875 bits per heavy atom. The molecule has 0 radical (unpaired) electrons. The highest BCUT2D eigenvalue weighted by atomic mass is 16.6. The fraction of sp³-hybridized carbons (Fsp3) is 0.964. The van der Waals surface area contributed by atoms with Gasteiger partial charge in [0.25, 0.3) is 0 Å². The smallest absolute Gasteiger partial charge is 0.303 e. The third-order valence-corrected chi connectivity index (χ3v) is 6.72. The van der Waals surface area contributed by atoms with Crippen molar-refractivity contribution in [1.29, 1.82) is 0 Å². The number of aliphatic hydroxyl groups excluding tert-OH is 1. The van der Waals surface area contributed by atoms with E-state index in [0.717, 1.165) is 25.7 Å². The number of aliphatic hydroxyl groups is 2. The lowest BCUT2D eigenvalue weighted by molar-refractivity contribution is -0.216. The van der Waals surface area contributed by atoms with E-state index in [1.54, 1.807) is 0 Å². The van der Waals surface area contributed by atoms with E-state index < -0.39 is 17.9 Å². The number of esters is 1. The minimum Gasteiger partial charge on any atom is -0.454 e. The van der Waals surface area contributed by atoms with Crippen molar-refractivity contribution in [2.24, 2.45) is 0 Å². The fourth-order valence-electron chi connectivity index (χ4n) is 4.65. The second-order valence-corrected chi connectivity index (χ2v) is 9.90. The quantitative estimate of drug-likeness (QED) is 0.0872. The number of hydrogen-bond acceptors (Lipinski definition) is 4. The summed E-state index contributed by atoms with van der Waals surface area (Å²) in [7, 11) is 0. The molecule has 0 aliphatic rings. The Kier molecular flexibility index (Phi) is 21.8. The van der Waals surface area contributed by atoms with E-state index in [-0.39, 0.29) is 0 Å². The number of rotatable bonds is 24. The van der Waals surface area contributed by atoms with Crippen LogP contribution in [0.4, 0.5) is 0 Å². The van der Waals surface area contributed by atoms with Gasteiger partial charge in [-0.05, 0) is 25.7 Å². The molecule has 192 valence electrons. The molecule has 0 fully saturated rings. The molecule has 4 heteroatoms. The first-order valence-corrected chi connectivity index (χ1v) is 14.0. The molecule has 0 spiro atoms. The zero-order chi connectivity index (χ0) is 23.9. The molecule has 0 unspecified atom stereocenters. The second-order valence-electron chi connectivity index (χ2n) is 9.90. The summed E-state index contributed by atoms with van der Waals surface area (Å²) in [4.78, 5) is 11.7. The van der Waals surface area contributed by atoms with E-state index >= 15 is 0 Å². The summed E-state index contributed by atoms with van der Waals surface area (Å²) in [5.74, 6) is -0.419. The molecule has 0 heterocycles. The molecule has 0 bridgehead atoms. The van der Waals surface area contributed by atoms with Crippen LogP contribution in [0.1, 0.15) is 162 Å². The highest BCUT2D eigenvalue weighted by Gasteiger charge is 2.39. The SMILES string of the molecule is CCCCCCCCCCCCC(CCCCCCCCCCCC)(OC(C)=O)C(O)O. The molecule has 0 aromatic heterocycles. The van der Waals surface area contributed by atoms with E-state index in [1.165, 1.54) is 110 Å². The maximum Gasteiger partial charge on any atom is 0.303 e. The molecule has 0 aromatic rings. The van der Waals surface area contributed by atoms with Crippen LogP contribution < -0.4 is 0 Å². The first kappa shape index (κ1) is 31.4. The van der Waals surface area contributed by atoms with Crippen LogP contribution in [0.3, 0.4) is 0 Å². The molecule has 0 saturated heterocycles. The van der Waals surface area contributed by atoms with Crippen molar-refractivity contribution < 1.29 is 19.7 Å². The minimum atomic E-state index is -1.61. The predicted octanol–water partition coefficient (Wildman–Crippen LogP) is 8.22. The standard InChI is InChI=1S/C28H56O4/c1-4-6-8-10-12-14-16-18-20-22-24-28(27(30)31,32-26(3)29)25-23-21-19-17-15-13-11-9-7-5-2/h27,30-31H,4-25H2,1-3H3. The number of carbonyl (C=O) groups is 1. The lowest BCUT2D eigenvalue weighted by Crippen LogP contribution is -2.46. The van der Waals surface area contributed by atoms with E-state index in [9.17, 15) is 15.0 Å². The van der Waals surface area contributed by atoms with Crippen LogP contribution in [-0.2, 0) is 9.53 Å². The zero-order valence-corrected chi connectivity index (χ0v) is 21.8. The van der Waals surface area contributed by atoms with Gasteiger partial charge in [0.15, 0.2) is 11.9 Å². The van der Waals surface area contributed by atoms with Gasteiger partial charge in [-0.1, -0.05) is 129 Å². The maximum atomic E-state index is 11.7. The van der Waals surface area contributed by atoms with Crippen LogP contribution >= 0.6 is 0 Å². The highest BCUT2D eigenvalue weighted by molar-refractivity contribution is 5.66. The van der Waals surface area contributed by atoms with Gasteiger partial charge in [-0.25, -0.2) is 0 Å². The molecule has 32 heavy (non-hydrogen) atoms. The summed E-state index contributed by atoms with van der Waals surface area (Å²) < 4.78 is 5.53. The third kappa shape index (κ3) is 17.9. The van der Waals surface area contributed by atoms with Gasteiger partial charge in [-0.2, -0.15) is 0 Å². The number of carbonyl (C=O) groups excluding carboxylic acids is 1. The molecule has 4 nitrogen and oxygen atoms in total. The molecule has 0 amide bonds. The van der Waals surface area contributed by atoms with Crippen molar-refractivity contribution in [3.8, 4) is 0 Å². The Morgan fingerprint density at radius 3 is 1.12 bits per heavy atom. The Bertz CT molecular complexity index is 384. The lowest BCUT2D eigenvalue weighted by atomic mass is 9.88. The second kappa shape index (κ2) is 22.2. The van der Waals surface area contributed by atoms with Crippen LogP contribution in [-0.4, -0.2) is 28.1 Å². The van der Waals surface area contributed by atoms with Gasteiger partial charge >= 0.3 is 5.97 Å². The van der Waals surface area contributed by atoms with Gasteiger partial charge in [0.2, 0.25) is 0 Å². The average Bonchev–Trinajstić information content (AvgIpc) is 2.75. The monoisotopic (exact) mass is 456 g/mol. The van der Waals surface area contributed by atoms with Crippen molar-refractivity contribution in [2.45, 2.75) is 174 Å². The zero-order valence-electron chi connectivity index (χ0n) is 21.8. The minimum absolute atomic E-state index is 0.419. The van der Waals surface area contributed by atoms with Gasteiger partial charge in [0.05, 0.1) is 0 Å². The number of ether oxygens (including phenoxy) is 1. The van der Waals surface area contributed by atoms with Crippen LogP contribution in [0, 0.1) is 0 Å². The fourth-order valence-corrected chi connectivity index (χ4v) is 4.65. The molecular formula is C28H56O4. The molecule has 2 N–H and O–H groups in total. The largest absolute Gasteiger partial charge is 0.454 e. The molecular weight excluding hydrogens is 400 g/mol. The Hall–Kier alpha value is -0.610. The molecule has 0 saturated carbocycles. The van der Waals surface area contributed by atoms with E-state index in [0.29, 0.717) is 12.8 Å². The summed E-state index contributed by atoms with van der Waals surface area (Å²) in [5.41, 5.74) is -1.13. The van der Waals surface area contributed by atoms with Crippen molar-refractivity contribution in [3.05, 3.63) is 0 Å². The van der Waals surface area contributed by atoms with Gasteiger partial charge in [-0.3, -0.25) is 4.79 Å². The number of hydrogen-bond donors (Lipinski definition) is 2. The van der Waals surface area contributed by atoms with Crippen molar-refractivity contribution in [1.82, 2.24) is 0 Å². The van der Waals surface area contributed by atoms with Crippen LogP contribution in [0.25, 0.3) is 0 Å². The third-order valence-electron chi connectivity index (χ3n) is 6.72. The Labute approximate surface area is 199 Å². The molecule has 0 aliphatic carbocycles. The van der Waals surface area contributed by atoms with Gasteiger partial charge in [-0.15, -0.1) is 0 Å². The predicted molar refractivity (Wildman–Crippen MR) is 136 cm³/mol. The molecule has 0 aliphatic heterocycles. The molecule has 0 aromatic carbocycles. The summed E-state index contributed by atoms with van der Waals surface area (Å²) >= 11 is 0. The molecule has 0 atom stereocenters. The van der Waals surface area contributed by atoms with Crippen molar-refractivity contribution in [2.75, 3.05) is 0 Å². The first-order valence-electron chi connectivity index (χ1n) is 14.0. The van der Waals surface area contributed by atoms with E-state index in [2.05, 4.69) is 13.8 Å². The van der Waals surface area contributed by atoms with Gasteiger partial charge in [0, 0.05) is 6.92 Å². The summed E-state index contributed by atoms with van der Waals surface area (Å²) in [5, 5.41) is 20.2. The van der Waals surface area contributed by atoms with E-state index in [1.807, 2.05) is 0 Å². The summed E-state index contributed by atoms with van der Waals surface area (Å²) in [6.07, 6.45) is 24.1. The van der Waals surface area contributed by atoms with Crippen LogP contribution in [0.15, 0.2) is 0 Å². The van der Waals surface area contributed by atoms with Crippen LogP contribution in [0.5, 0.6) is 0 Å². The highest BCUT2D eigenvalue weighted by Crippen LogP contribution is 2.30. The molecule has 0 rings (SSSR count). The average molecular weight is 457 g/mol. The summed E-state index contributed by atoms with van der Waals surface area (Å²) in [6.45, 7) is 5.86. The van der Waals surface area contributed by atoms with Gasteiger partial charge in [0.1, 0.15) is 0 Å². The van der Waals surface area contributed by atoms with Gasteiger partial charge < -0.3 is 14.9 Å². The number of unbranched alkanes of at least 4 members (excludes halogenated alkanes) is 18. The normalized spacial score (nSPS) is 11.9. The lowest BCUT2D eigenvalue weighted by Gasteiger charge is -2.35. The Balaban J connectivity index is 4.11.